The maximum Gasteiger partial charge on any atom is 0.126 e. The molecule has 0 N–H and O–H groups in total. The Bertz CT molecular complexity index is 145. The highest BCUT2D eigenvalue weighted by Gasteiger charge is 2.22. The van der Waals surface area contributed by atoms with Crippen molar-refractivity contribution < 1.29 is 4.79 Å². The summed E-state index contributed by atoms with van der Waals surface area (Å²) in [5, 5.41) is 0. The largest absolute Gasteiger partial charge is 0.303 e. The van der Waals surface area contributed by atoms with Gasteiger partial charge in [0.05, 0.1) is 0 Å². The van der Waals surface area contributed by atoms with E-state index < -0.39 is 0 Å². The van der Waals surface area contributed by atoms with E-state index in [1.54, 1.807) is 0 Å². The lowest BCUT2D eigenvalue weighted by Gasteiger charge is -2.22. The fraction of sp³-hybridized carbons (Fsp3) is 0.700. The predicted molar refractivity (Wildman–Crippen MR) is 48.4 cm³/mol. The van der Waals surface area contributed by atoms with Crippen LogP contribution in [0.2, 0.25) is 0 Å². The molecule has 64 valence electrons. The minimum absolute atomic E-state index is 0.217. The Morgan fingerprint density at radius 1 is 1.45 bits per heavy atom. The number of allylic oxidation sites excluding steroid dienone is 2. The summed E-state index contributed by atoms with van der Waals surface area (Å²) in [6.45, 7) is 8.09. The van der Waals surface area contributed by atoms with Gasteiger partial charge in [-0.15, -0.1) is 0 Å². The van der Waals surface area contributed by atoms with Crippen LogP contribution in [0.15, 0.2) is 12.2 Å². The van der Waals surface area contributed by atoms with E-state index in [0.717, 1.165) is 12.7 Å². The van der Waals surface area contributed by atoms with Gasteiger partial charge < -0.3 is 4.79 Å². The normalized spacial score (nSPS) is 15.3. The maximum atomic E-state index is 10.6. The minimum Gasteiger partial charge on any atom is -0.303 e. The van der Waals surface area contributed by atoms with E-state index in [1.807, 2.05) is 13.8 Å². The lowest BCUT2D eigenvalue weighted by atomic mass is 9.81. The molecule has 0 rings (SSSR count). The summed E-state index contributed by atoms with van der Waals surface area (Å²) in [6, 6.07) is 0. The Morgan fingerprint density at radius 2 is 2.00 bits per heavy atom. The zero-order valence-corrected chi connectivity index (χ0v) is 7.92. The van der Waals surface area contributed by atoms with Gasteiger partial charge in [-0.2, -0.15) is 0 Å². The molecule has 0 aromatic rings. The van der Waals surface area contributed by atoms with Gasteiger partial charge >= 0.3 is 0 Å². The zero-order chi connectivity index (χ0) is 8.91. The Morgan fingerprint density at radius 3 is 2.36 bits per heavy atom. The quantitative estimate of drug-likeness (QED) is 0.449. The highest BCUT2D eigenvalue weighted by atomic mass is 16.1. The minimum atomic E-state index is -0.217. The first kappa shape index (κ1) is 10.4. The van der Waals surface area contributed by atoms with Gasteiger partial charge in [-0.05, 0) is 12.3 Å². The van der Waals surface area contributed by atoms with Crippen molar-refractivity contribution in [2.75, 3.05) is 0 Å². The second-order valence-corrected chi connectivity index (χ2v) is 3.56. The van der Waals surface area contributed by atoms with Crippen LogP contribution >= 0.6 is 0 Å². The van der Waals surface area contributed by atoms with Crippen LogP contribution in [0.25, 0.3) is 0 Å². The molecule has 0 saturated carbocycles. The van der Waals surface area contributed by atoms with Gasteiger partial charge in [0.1, 0.15) is 6.29 Å². The summed E-state index contributed by atoms with van der Waals surface area (Å²) in [5.74, 6) is 0.333. The van der Waals surface area contributed by atoms with E-state index in [4.69, 9.17) is 0 Å². The number of carbonyl (C=O) groups excluding carboxylic acids is 1. The second kappa shape index (κ2) is 4.32. The lowest BCUT2D eigenvalue weighted by Crippen LogP contribution is -2.21. The van der Waals surface area contributed by atoms with Crippen LogP contribution in [0.1, 0.15) is 34.1 Å². The monoisotopic (exact) mass is 154 g/mol. The van der Waals surface area contributed by atoms with Crippen LogP contribution in [0.5, 0.6) is 0 Å². The molecule has 0 bridgehead atoms. The Kier molecular flexibility index (Phi) is 4.09. The third-order valence-electron chi connectivity index (χ3n) is 2.14. The maximum absolute atomic E-state index is 10.6. The van der Waals surface area contributed by atoms with Crippen LogP contribution in [-0.4, -0.2) is 6.29 Å². The van der Waals surface area contributed by atoms with E-state index >= 15 is 0 Å². The van der Waals surface area contributed by atoms with E-state index in [9.17, 15) is 4.79 Å². The van der Waals surface area contributed by atoms with Crippen LogP contribution in [0.4, 0.5) is 0 Å². The number of hydrogen-bond acceptors (Lipinski definition) is 1. The molecule has 0 radical (unpaired) electrons. The molecule has 0 amide bonds. The summed E-state index contributed by atoms with van der Waals surface area (Å²) < 4.78 is 0. The van der Waals surface area contributed by atoms with E-state index in [1.165, 1.54) is 0 Å². The van der Waals surface area contributed by atoms with Gasteiger partial charge in [0, 0.05) is 5.41 Å². The van der Waals surface area contributed by atoms with E-state index in [2.05, 4.69) is 26.0 Å². The van der Waals surface area contributed by atoms with Crippen LogP contribution < -0.4 is 0 Å². The summed E-state index contributed by atoms with van der Waals surface area (Å²) in [4.78, 5) is 10.6. The van der Waals surface area contributed by atoms with Crippen LogP contribution in [0.3, 0.4) is 0 Å². The van der Waals surface area contributed by atoms with Crippen molar-refractivity contribution in [3.8, 4) is 0 Å². The Balaban J connectivity index is 4.11. The molecule has 0 fully saturated rings. The van der Waals surface area contributed by atoms with Crippen molar-refractivity contribution in [3.05, 3.63) is 12.2 Å². The fourth-order valence-electron chi connectivity index (χ4n) is 0.696. The number of carbonyl (C=O) groups is 1. The molecule has 0 heterocycles. The van der Waals surface area contributed by atoms with Crippen molar-refractivity contribution in [3.63, 3.8) is 0 Å². The van der Waals surface area contributed by atoms with E-state index in [0.29, 0.717) is 5.92 Å². The van der Waals surface area contributed by atoms with E-state index in [-0.39, 0.29) is 5.41 Å². The Hall–Kier alpha value is -0.590. The van der Waals surface area contributed by atoms with Gasteiger partial charge in [-0.25, -0.2) is 0 Å². The molecular formula is C10H18O. The molecule has 11 heavy (non-hydrogen) atoms. The average molecular weight is 154 g/mol. The van der Waals surface area contributed by atoms with Gasteiger partial charge in [0.25, 0.3) is 0 Å². The standard InChI is InChI=1S/C10H18O/c1-5-6-7-9(2)10(3,4)8-11/h6-9H,5H2,1-4H3/b7-6+. The van der Waals surface area contributed by atoms with Crippen molar-refractivity contribution in [1.82, 2.24) is 0 Å². The zero-order valence-electron chi connectivity index (χ0n) is 7.92. The van der Waals surface area contributed by atoms with Crippen LogP contribution in [-0.2, 0) is 4.79 Å². The summed E-state index contributed by atoms with van der Waals surface area (Å²) >= 11 is 0. The molecule has 1 nitrogen and oxygen atoms in total. The SMILES string of the molecule is CC/C=C/C(C)C(C)(C)C=O. The van der Waals surface area contributed by atoms with Gasteiger partial charge in [-0.3, -0.25) is 0 Å². The smallest absolute Gasteiger partial charge is 0.126 e. The molecule has 0 aliphatic rings. The number of rotatable bonds is 4. The van der Waals surface area contributed by atoms with Crippen molar-refractivity contribution in [2.24, 2.45) is 11.3 Å². The highest BCUT2D eigenvalue weighted by Crippen LogP contribution is 2.24. The lowest BCUT2D eigenvalue weighted by molar-refractivity contribution is -0.116. The fourth-order valence-corrected chi connectivity index (χ4v) is 0.696. The van der Waals surface area contributed by atoms with Crippen LogP contribution in [0, 0.1) is 11.3 Å². The molecule has 0 aromatic heterocycles. The third-order valence-corrected chi connectivity index (χ3v) is 2.14. The van der Waals surface area contributed by atoms with Crippen molar-refractivity contribution in [1.29, 1.82) is 0 Å². The summed E-state index contributed by atoms with van der Waals surface area (Å²) in [7, 11) is 0. The summed E-state index contributed by atoms with van der Waals surface area (Å²) in [5.41, 5.74) is -0.217. The first-order chi connectivity index (χ1) is 5.04. The summed E-state index contributed by atoms with van der Waals surface area (Å²) in [6.07, 6.45) is 6.28. The highest BCUT2D eigenvalue weighted by molar-refractivity contribution is 5.58. The number of hydrogen-bond donors (Lipinski definition) is 0. The third kappa shape index (κ3) is 3.35. The van der Waals surface area contributed by atoms with Crippen molar-refractivity contribution >= 4 is 6.29 Å². The first-order valence-corrected chi connectivity index (χ1v) is 4.17. The Labute approximate surface area is 69.5 Å². The molecule has 1 heteroatoms. The van der Waals surface area contributed by atoms with Gasteiger partial charge in [-0.1, -0.05) is 39.8 Å². The molecule has 1 unspecified atom stereocenters. The molecule has 0 saturated heterocycles. The molecule has 0 spiro atoms. The molecule has 0 aliphatic carbocycles. The van der Waals surface area contributed by atoms with Gasteiger partial charge in [0.15, 0.2) is 0 Å². The van der Waals surface area contributed by atoms with Crippen molar-refractivity contribution in [2.45, 2.75) is 34.1 Å². The molecule has 0 aromatic carbocycles. The molecule has 1 atom stereocenters. The first-order valence-electron chi connectivity index (χ1n) is 4.17. The predicted octanol–water partition coefficient (Wildman–Crippen LogP) is 2.81. The number of aldehydes is 1. The second-order valence-electron chi connectivity index (χ2n) is 3.56. The molecule has 0 aliphatic heterocycles. The molecular weight excluding hydrogens is 136 g/mol. The average Bonchev–Trinajstić information content (AvgIpc) is 2.00. The van der Waals surface area contributed by atoms with Gasteiger partial charge in [0.2, 0.25) is 0 Å². The topological polar surface area (TPSA) is 17.1 Å².